The summed E-state index contributed by atoms with van der Waals surface area (Å²) in [5, 5.41) is 1.17. The van der Waals surface area contributed by atoms with Crippen LogP contribution in [0.2, 0.25) is 0 Å². The van der Waals surface area contributed by atoms with Gasteiger partial charge < -0.3 is 4.57 Å². The second-order valence-electron chi connectivity index (χ2n) is 6.67. The SMILES string of the molecule is CSc1ccc(-c2nccc3c(C)c(C)n(Cc4ccccc4F)c23)cc1. The zero-order valence-electron chi connectivity index (χ0n) is 15.7. The van der Waals surface area contributed by atoms with Gasteiger partial charge >= 0.3 is 0 Å². The van der Waals surface area contributed by atoms with E-state index < -0.39 is 0 Å². The predicted octanol–water partition coefficient (Wildman–Crippen LogP) is 6.23. The molecule has 0 aliphatic heterocycles. The van der Waals surface area contributed by atoms with Crippen LogP contribution in [0.3, 0.4) is 0 Å². The molecule has 0 radical (unpaired) electrons. The Balaban J connectivity index is 1.93. The number of rotatable bonds is 4. The molecule has 0 fully saturated rings. The molecule has 0 N–H and O–H groups in total. The third-order valence-corrected chi connectivity index (χ3v) is 5.94. The molecular formula is C23H21FN2S. The molecule has 0 aliphatic rings. The van der Waals surface area contributed by atoms with E-state index in [0.29, 0.717) is 12.1 Å². The van der Waals surface area contributed by atoms with Gasteiger partial charge in [0.2, 0.25) is 0 Å². The van der Waals surface area contributed by atoms with Crippen LogP contribution in [0, 0.1) is 19.7 Å². The lowest BCUT2D eigenvalue weighted by Gasteiger charge is -2.12. The van der Waals surface area contributed by atoms with E-state index in [1.165, 1.54) is 21.9 Å². The lowest BCUT2D eigenvalue weighted by atomic mass is 10.1. The summed E-state index contributed by atoms with van der Waals surface area (Å²) in [5.74, 6) is -0.175. The summed E-state index contributed by atoms with van der Waals surface area (Å²) in [6.07, 6.45) is 3.93. The van der Waals surface area contributed by atoms with E-state index in [1.54, 1.807) is 17.8 Å². The lowest BCUT2D eigenvalue weighted by Crippen LogP contribution is -2.05. The minimum Gasteiger partial charge on any atom is -0.338 e. The topological polar surface area (TPSA) is 17.8 Å². The van der Waals surface area contributed by atoms with Crippen LogP contribution in [-0.4, -0.2) is 15.8 Å². The molecule has 0 unspecified atom stereocenters. The monoisotopic (exact) mass is 376 g/mol. The van der Waals surface area contributed by atoms with E-state index in [9.17, 15) is 4.39 Å². The Morgan fingerprint density at radius 3 is 2.44 bits per heavy atom. The molecule has 136 valence electrons. The van der Waals surface area contributed by atoms with Gasteiger partial charge in [-0.1, -0.05) is 30.3 Å². The number of nitrogens with zero attached hydrogens (tertiary/aromatic N) is 2. The van der Waals surface area contributed by atoms with Gasteiger partial charge in [-0.05, 0) is 49.9 Å². The number of hydrogen-bond donors (Lipinski definition) is 0. The second kappa shape index (κ2) is 7.20. The molecule has 0 spiro atoms. The fraction of sp³-hybridized carbons (Fsp3) is 0.174. The van der Waals surface area contributed by atoms with E-state index in [-0.39, 0.29) is 5.82 Å². The molecule has 0 bridgehead atoms. The maximum atomic E-state index is 14.3. The molecule has 0 amide bonds. The molecule has 2 aromatic carbocycles. The number of halogens is 1. The summed E-state index contributed by atoms with van der Waals surface area (Å²) in [4.78, 5) is 5.91. The Morgan fingerprint density at radius 1 is 1.00 bits per heavy atom. The average Bonchev–Trinajstić information content (AvgIpc) is 2.95. The van der Waals surface area contributed by atoms with Crippen molar-refractivity contribution in [3.05, 3.63) is 83.4 Å². The minimum atomic E-state index is -0.175. The highest BCUT2D eigenvalue weighted by molar-refractivity contribution is 7.98. The third-order valence-electron chi connectivity index (χ3n) is 5.20. The van der Waals surface area contributed by atoms with E-state index in [1.807, 2.05) is 18.3 Å². The molecule has 4 heteroatoms. The molecule has 0 aliphatic carbocycles. The highest BCUT2D eigenvalue weighted by Crippen LogP contribution is 2.33. The number of aryl methyl sites for hydroxylation is 1. The van der Waals surface area contributed by atoms with Crippen molar-refractivity contribution in [3.8, 4) is 11.3 Å². The molecule has 4 rings (SSSR count). The van der Waals surface area contributed by atoms with Crippen LogP contribution in [0.5, 0.6) is 0 Å². The van der Waals surface area contributed by atoms with E-state index in [2.05, 4.69) is 55.0 Å². The molecule has 0 saturated heterocycles. The smallest absolute Gasteiger partial charge is 0.128 e. The maximum Gasteiger partial charge on any atom is 0.128 e. The standard InChI is InChI=1S/C23H21FN2S/c1-15-16(2)26(14-18-6-4-5-7-21(18)24)23-20(15)12-13-25-22(23)17-8-10-19(27-3)11-9-17/h4-13H,14H2,1-3H3. The van der Waals surface area contributed by atoms with Crippen molar-refractivity contribution in [2.75, 3.05) is 6.26 Å². The van der Waals surface area contributed by atoms with Gasteiger partial charge in [-0.3, -0.25) is 4.98 Å². The Kier molecular flexibility index (Phi) is 4.75. The van der Waals surface area contributed by atoms with Crippen LogP contribution in [0.4, 0.5) is 4.39 Å². The number of aromatic nitrogens is 2. The molecular weight excluding hydrogens is 355 g/mol. The number of pyridine rings is 1. The van der Waals surface area contributed by atoms with Gasteiger partial charge in [-0.15, -0.1) is 11.8 Å². The summed E-state index contributed by atoms with van der Waals surface area (Å²) < 4.78 is 16.5. The third kappa shape index (κ3) is 3.15. The summed E-state index contributed by atoms with van der Waals surface area (Å²) in [6.45, 7) is 4.71. The highest BCUT2D eigenvalue weighted by atomic mass is 32.2. The Bertz CT molecular complexity index is 1110. The van der Waals surface area contributed by atoms with Crippen LogP contribution in [0.25, 0.3) is 22.2 Å². The highest BCUT2D eigenvalue weighted by Gasteiger charge is 2.17. The summed E-state index contributed by atoms with van der Waals surface area (Å²) >= 11 is 1.72. The average molecular weight is 376 g/mol. The van der Waals surface area contributed by atoms with Crippen LogP contribution in [0.15, 0.2) is 65.7 Å². The van der Waals surface area contributed by atoms with Crippen LogP contribution in [0.1, 0.15) is 16.8 Å². The number of benzene rings is 2. The molecule has 27 heavy (non-hydrogen) atoms. The summed E-state index contributed by atoms with van der Waals surface area (Å²) in [6, 6.07) is 17.5. The fourth-order valence-corrected chi connectivity index (χ4v) is 3.96. The zero-order chi connectivity index (χ0) is 19.0. The van der Waals surface area contributed by atoms with Gasteiger partial charge in [0.05, 0.1) is 17.8 Å². The Hall–Kier alpha value is -2.59. The first-order valence-electron chi connectivity index (χ1n) is 8.92. The zero-order valence-corrected chi connectivity index (χ0v) is 16.5. The maximum absolute atomic E-state index is 14.3. The first-order chi connectivity index (χ1) is 13.1. The van der Waals surface area contributed by atoms with Crippen LogP contribution < -0.4 is 0 Å². The van der Waals surface area contributed by atoms with Crippen molar-refractivity contribution < 1.29 is 4.39 Å². The first kappa shape index (κ1) is 17.8. The van der Waals surface area contributed by atoms with E-state index >= 15 is 0 Å². The summed E-state index contributed by atoms with van der Waals surface area (Å²) in [5.41, 5.74) is 6.12. The number of fused-ring (bicyclic) bond motifs is 1. The fourth-order valence-electron chi connectivity index (χ4n) is 3.55. The van der Waals surface area contributed by atoms with Gasteiger partial charge in [-0.25, -0.2) is 4.39 Å². The quantitative estimate of drug-likeness (QED) is 0.393. The molecule has 2 nitrogen and oxygen atoms in total. The van der Waals surface area contributed by atoms with Crippen molar-refractivity contribution in [1.29, 1.82) is 0 Å². The van der Waals surface area contributed by atoms with Gasteiger partial charge in [0.25, 0.3) is 0 Å². The van der Waals surface area contributed by atoms with Gasteiger partial charge in [0, 0.05) is 33.3 Å². The minimum absolute atomic E-state index is 0.175. The Labute approximate surface area is 163 Å². The molecule has 2 heterocycles. The normalized spacial score (nSPS) is 11.3. The molecule has 2 aromatic heterocycles. The van der Waals surface area contributed by atoms with Crippen molar-refractivity contribution in [3.63, 3.8) is 0 Å². The van der Waals surface area contributed by atoms with Crippen molar-refractivity contribution in [1.82, 2.24) is 9.55 Å². The largest absolute Gasteiger partial charge is 0.338 e. The van der Waals surface area contributed by atoms with Crippen molar-refractivity contribution >= 4 is 22.7 Å². The first-order valence-corrected chi connectivity index (χ1v) is 10.1. The molecule has 4 aromatic rings. The van der Waals surface area contributed by atoms with Gasteiger partial charge in [0.1, 0.15) is 5.82 Å². The van der Waals surface area contributed by atoms with Crippen LogP contribution >= 0.6 is 11.8 Å². The van der Waals surface area contributed by atoms with Gasteiger partial charge in [0.15, 0.2) is 0 Å². The summed E-state index contributed by atoms with van der Waals surface area (Å²) in [7, 11) is 0. The molecule has 0 atom stereocenters. The van der Waals surface area contributed by atoms with Crippen molar-refractivity contribution in [2.24, 2.45) is 0 Å². The van der Waals surface area contributed by atoms with Crippen molar-refractivity contribution in [2.45, 2.75) is 25.3 Å². The number of thioether (sulfide) groups is 1. The van der Waals surface area contributed by atoms with E-state index in [4.69, 9.17) is 4.98 Å². The second-order valence-corrected chi connectivity index (χ2v) is 7.55. The van der Waals surface area contributed by atoms with Gasteiger partial charge in [-0.2, -0.15) is 0 Å². The van der Waals surface area contributed by atoms with Crippen LogP contribution in [-0.2, 0) is 6.54 Å². The predicted molar refractivity (Wildman–Crippen MR) is 112 cm³/mol. The number of hydrogen-bond acceptors (Lipinski definition) is 2. The lowest BCUT2D eigenvalue weighted by molar-refractivity contribution is 0.600. The Morgan fingerprint density at radius 2 is 1.74 bits per heavy atom. The van der Waals surface area contributed by atoms with E-state index in [0.717, 1.165) is 22.5 Å². The molecule has 0 saturated carbocycles.